The number of rotatable bonds is 14. The van der Waals surface area contributed by atoms with E-state index in [1.54, 1.807) is 42.5 Å². The van der Waals surface area contributed by atoms with Crippen LogP contribution in [0.5, 0.6) is 11.5 Å². The van der Waals surface area contributed by atoms with Gasteiger partial charge in [-0.25, -0.2) is 14.0 Å². The van der Waals surface area contributed by atoms with Crippen molar-refractivity contribution < 1.29 is 43.2 Å². The Kier molecular flexibility index (Phi) is 11.8. The summed E-state index contributed by atoms with van der Waals surface area (Å²) < 4.78 is 32.9. The van der Waals surface area contributed by atoms with Crippen molar-refractivity contribution in [1.29, 1.82) is 0 Å². The maximum atomic E-state index is 15.1. The van der Waals surface area contributed by atoms with Crippen molar-refractivity contribution in [2.24, 2.45) is 5.92 Å². The van der Waals surface area contributed by atoms with E-state index < -0.39 is 29.7 Å². The molecule has 0 spiro atoms. The number of methoxy groups -OCH3 is 2. The number of nitrogens with zero attached hydrogens (tertiary/aromatic N) is 2. The summed E-state index contributed by atoms with van der Waals surface area (Å²) in [5.74, 6) is -1.52. The Hall–Kier alpha value is -4.42. The minimum atomic E-state index is -1.13. The lowest BCUT2D eigenvalue weighted by Gasteiger charge is -2.44. The van der Waals surface area contributed by atoms with Crippen LogP contribution in [0.25, 0.3) is 0 Å². The third-order valence-corrected chi connectivity index (χ3v) is 10.7. The number of hydrogen-bond donors (Lipinski definition) is 3. The number of aromatic nitrogens is 1. The second kappa shape index (κ2) is 16.5. The molecular formula is C39H41Cl2FN3O7+. The van der Waals surface area contributed by atoms with Crippen LogP contribution in [0, 0.1) is 11.7 Å². The van der Waals surface area contributed by atoms with Crippen molar-refractivity contribution in [3.63, 3.8) is 0 Å². The van der Waals surface area contributed by atoms with Gasteiger partial charge in [-0.2, -0.15) is 0 Å². The second-order valence-electron chi connectivity index (χ2n) is 13.2. The van der Waals surface area contributed by atoms with Gasteiger partial charge in [0.15, 0.2) is 11.5 Å². The van der Waals surface area contributed by atoms with Crippen LogP contribution in [0.2, 0.25) is 10.0 Å². The number of carboxylic acids is 1. The molecule has 10 nitrogen and oxygen atoms in total. The van der Waals surface area contributed by atoms with Crippen LogP contribution >= 0.6 is 23.2 Å². The Labute approximate surface area is 311 Å². The highest BCUT2D eigenvalue weighted by Crippen LogP contribution is 2.39. The van der Waals surface area contributed by atoms with Crippen LogP contribution in [0.1, 0.15) is 63.0 Å². The van der Waals surface area contributed by atoms with Crippen molar-refractivity contribution in [3.05, 3.63) is 122 Å². The molecule has 0 saturated carbocycles. The van der Waals surface area contributed by atoms with E-state index in [-0.39, 0.29) is 40.2 Å². The van der Waals surface area contributed by atoms with Gasteiger partial charge in [0.25, 0.3) is 0 Å². The van der Waals surface area contributed by atoms with Crippen molar-refractivity contribution in [3.8, 4) is 11.5 Å². The summed E-state index contributed by atoms with van der Waals surface area (Å²) in [7, 11) is 3.04. The summed E-state index contributed by atoms with van der Waals surface area (Å²) in [5.41, 5.74) is 2.74. The lowest BCUT2D eigenvalue weighted by Crippen LogP contribution is -2.52. The first-order valence-corrected chi connectivity index (χ1v) is 17.9. The maximum Gasteiger partial charge on any atom is 0.335 e. The summed E-state index contributed by atoms with van der Waals surface area (Å²) in [4.78, 5) is 28.6. The maximum absolute atomic E-state index is 15.1. The topological polar surface area (TPSA) is 121 Å². The van der Waals surface area contributed by atoms with Gasteiger partial charge in [0.2, 0.25) is 12.4 Å². The Balaban J connectivity index is 1.30. The molecule has 0 amide bonds. The lowest BCUT2D eigenvalue weighted by molar-refractivity contribution is -0.904. The number of fused-ring (bicyclic) bond motifs is 3. The highest BCUT2D eigenvalue weighted by molar-refractivity contribution is 6.35. The van der Waals surface area contributed by atoms with E-state index in [1.807, 2.05) is 12.1 Å². The minimum absolute atomic E-state index is 0.0715. The van der Waals surface area contributed by atoms with Gasteiger partial charge in [0.1, 0.15) is 28.0 Å². The minimum Gasteiger partial charge on any atom is -0.493 e. The first-order valence-electron chi connectivity index (χ1n) is 17.1. The highest BCUT2D eigenvalue weighted by Gasteiger charge is 2.38. The number of hydrogen-bond acceptors (Lipinski definition) is 8. The SMILES string of the molecule is COc1ccc([C@H](Cc2c(Cl)c[n+](O)cc2Cl)c2cc(CCNC(C(=O)O[C@H]3CN4CCC3CC4)c3ccccc3F)ccc2C(=O)O)cc1OC. The van der Waals surface area contributed by atoms with E-state index in [0.717, 1.165) is 36.2 Å². The van der Waals surface area contributed by atoms with E-state index in [1.165, 1.54) is 32.7 Å². The standard InChI is InChI=1S/C39H40Cl2FN3O7/c1-50-34-10-8-25(18-35(34)51-2)28(19-30-31(40)20-45(49)21-32(30)41)29-17-23(7-9-26(29)38(46)47)11-14-43-37(27-5-3-4-6-33(27)42)39(48)52-36-22-44-15-12-24(36)13-16-44/h3-10,17-18,20-21,24,28,36-37,43H,11-16,19,22H2,1-2H3,(H-,46,47,49)/p+1/t28-,36-,37?/m0/s1. The van der Waals surface area contributed by atoms with Crippen LogP contribution in [0.3, 0.4) is 0 Å². The van der Waals surface area contributed by atoms with Crippen molar-refractivity contribution in [2.75, 3.05) is 40.4 Å². The first-order chi connectivity index (χ1) is 25.1. The number of carbonyl (C=O) groups excluding carboxylic acids is 1. The average Bonchev–Trinajstić information content (AvgIpc) is 3.13. The largest absolute Gasteiger partial charge is 0.493 e. The number of carboxylic acid groups (broad SMARTS) is 1. The van der Waals surface area contributed by atoms with E-state index >= 15 is 4.39 Å². The Morgan fingerprint density at radius 1 is 0.981 bits per heavy atom. The zero-order valence-corrected chi connectivity index (χ0v) is 30.4. The van der Waals surface area contributed by atoms with Gasteiger partial charge in [-0.1, -0.05) is 59.6 Å². The van der Waals surface area contributed by atoms with Crippen LogP contribution in [0.15, 0.2) is 73.1 Å². The number of aromatic carboxylic acids is 1. The highest BCUT2D eigenvalue weighted by atomic mass is 35.5. The number of nitrogens with one attached hydrogen (secondary N) is 1. The van der Waals surface area contributed by atoms with Gasteiger partial charge in [-0.3, -0.25) is 10.1 Å². The summed E-state index contributed by atoms with van der Waals surface area (Å²) in [6.45, 7) is 2.93. The molecule has 0 radical (unpaired) electrons. The molecule has 3 N–H and O–H groups in total. The molecule has 4 aromatic rings. The quantitative estimate of drug-likeness (QED) is 0.0779. The van der Waals surface area contributed by atoms with Crippen LogP contribution in [0.4, 0.5) is 4.39 Å². The van der Waals surface area contributed by atoms with Crippen molar-refractivity contribution in [2.45, 2.75) is 43.7 Å². The smallest absolute Gasteiger partial charge is 0.335 e. The molecule has 52 heavy (non-hydrogen) atoms. The first kappa shape index (κ1) is 37.3. The van der Waals surface area contributed by atoms with E-state index in [4.69, 9.17) is 37.4 Å². The van der Waals surface area contributed by atoms with Gasteiger partial charge >= 0.3 is 11.9 Å². The molecular weight excluding hydrogens is 712 g/mol. The number of esters is 1. The predicted molar refractivity (Wildman–Crippen MR) is 192 cm³/mol. The third-order valence-electron chi connectivity index (χ3n) is 10.1. The zero-order valence-electron chi connectivity index (χ0n) is 28.9. The van der Waals surface area contributed by atoms with E-state index in [2.05, 4.69) is 10.2 Å². The van der Waals surface area contributed by atoms with Crippen molar-refractivity contribution >= 4 is 35.1 Å². The number of ether oxygens (including phenoxy) is 3. The number of carbonyl (C=O) groups is 2. The van der Waals surface area contributed by atoms with Gasteiger partial charge in [0.05, 0.1) is 19.8 Å². The van der Waals surface area contributed by atoms with Crippen molar-refractivity contribution in [1.82, 2.24) is 10.2 Å². The average molecular weight is 754 g/mol. The van der Waals surface area contributed by atoms with Gasteiger partial charge in [-0.15, -0.1) is 0 Å². The van der Waals surface area contributed by atoms with Crippen LogP contribution in [-0.4, -0.2) is 73.7 Å². The summed E-state index contributed by atoms with van der Waals surface area (Å²) in [5, 5.41) is 24.0. The van der Waals surface area contributed by atoms with E-state index in [0.29, 0.717) is 47.1 Å². The third kappa shape index (κ3) is 8.28. The molecule has 3 aliphatic heterocycles. The number of piperidine rings is 3. The molecule has 13 heteroatoms. The molecule has 3 fully saturated rings. The van der Waals surface area contributed by atoms with Crippen LogP contribution < -0.4 is 19.5 Å². The number of benzene rings is 3. The fraction of sp³-hybridized carbons (Fsp3) is 0.359. The molecule has 1 aromatic heterocycles. The molecule has 4 heterocycles. The summed E-state index contributed by atoms with van der Waals surface area (Å²) in [6.07, 6.45) is 4.87. The molecule has 3 aromatic carbocycles. The molecule has 2 bridgehead atoms. The predicted octanol–water partition coefficient (Wildman–Crippen LogP) is 6.26. The Morgan fingerprint density at radius 3 is 2.33 bits per heavy atom. The Bertz CT molecular complexity index is 1920. The number of halogens is 3. The summed E-state index contributed by atoms with van der Waals surface area (Å²) in [6, 6.07) is 15.5. The van der Waals surface area contributed by atoms with Gasteiger partial charge < -0.3 is 24.6 Å². The monoisotopic (exact) mass is 752 g/mol. The normalized spacial score (nSPS) is 19.1. The molecule has 3 atom stereocenters. The fourth-order valence-electron chi connectivity index (χ4n) is 7.32. The molecule has 3 aliphatic rings. The molecule has 3 saturated heterocycles. The molecule has 274 valence electrons. The van der Waals surface area contributed by atoms with E-state index in [9.17, 15) is 19.9 Å². The number of pyridine rings is 1. The van der Waals surface area contributed by atoms with Crippen LogP contribution in [-0.2, 0) is 22.4 Å². The Morgan fingerprint density at radius 2 is 1.69 bits per heavy atom. The fourth-order valence-corrected chi connectivity index (χ4v) is 7.92. The summed E-state index contributed by atoms with van der Waals surface area (Å²) >= 11 is 13.1. The lowest BCUT2D eigenvalue weighted by atomic mass is 9.82. The molecule has 7 rings (SSSR count). The van der Waals surface area contributed by atoms with Gasteiger partial charge in [-0.05, 0) is 85.6 Å². The molecule has 0 aliphatic carbocycles. The molecule has 1 unspecified atom stereocenters. The second-order valence-corrected chi connectivity index (χ2v) is 14.0. The zero-order chi connectivity index (χ0) is 36.9. The van der Waals surface area contributed by atoms with Gasteiger partial charge in [0, 0.05) is 34.9 Å².